The summed E-state index contributed by atoms with van der Waals surface area (Å²) in [5.74, 6) is 0.458. The highest BCUT2D eigenvalue weighted by Gasteiger charge is 2.29. The predicted octanol–water partition coefficient (Wildman–Crippen LogP) is 4.66. The molecule has 0 saturated carbocycles. The van der Waals surface area contributed by atoms with Crippen LogP contribution >= 0.6 is 23.2 Å². The van der Waals surface area contributed by atoms with E-state index in [9.17, 15) is 0 Å². The maximum Gasteiger partial charge on any atom is 0.154 e. The van der Waals surface area contributed by atoms with Gasteiger partial charge in [-0.25, -0.2) is 0 Å². The van der Waals surface area contributed by atoms with Crippen LogP contribution in [0.3, 0.4) is 0 Å². The highest BCUT2D eigenvalue weighted by Crippen LogP contribution is 2.32. The van der Waals surface area contributed by atoms with Crippen LogP contribution in [-0.2, 0) is 0 Å². The summed E-state index contributed by atoms with van der Waals surface area (Å²) in [6.45, 7) is 11.7. The van der Waals surface area contributed by atoms with Gasteiger partial charge in [0.05, 0.1) is 0 Å². The molecule has 0 amide bonds. The van der Waals surface area contributed by atoms with Gasteiger partial charge in [-0.1, -0.05) is 50.9 Å². The van der Waals surface area contributed by atoms with Crippen molar-refractivity contribution in [3.05, 3.63) is 0 Å². The van der Waals surface area contributed by atoms with Crippen LogP contribution in [-0.4, -0.2) is 10.00 Å². The number of halogens is 2. The third kappa shape index (κ3) is 4.14. The van der Waals surface area contributed by atoms with Crippen LogP contribution in [0, 0.1) is 11.8 Å². The molecule has 0 aliphatic rings. The van der Waals surface area contributed by atoms with Crippen LogP contribution in [0.5, 0.6) is 0 Å². The van der Waals surface area contributed by atoms with E-state index in [4.69, 9.17) is 23.2 Å². The minimum atomic E-state index is -0.662. The van der Waals surface area contributed by atoms with Crippen LogP contribution in [0.1, 0.15) is 41.5 Å². The zero-order valence-corrected chi connectivity index (χ0v) is 11.3. The van der Waals surface area contributed by atoms with Crippen molar-refractivity contribution in [2.24, 2.45) is 22.1 Å². The first-order chi connectivity index (χ1) is 6.09. The van der Waals surface area contributed by atoms with Crippen molar-refractivity contribution in [1.82, 2.24) is 0 Å². The molecule has 0 heterocycles. The summed E-state index contributed by atoms with van der Waals surface area (Å²) in [6, 6.07) is 0. The second-order valence-electron chi connectivity index (χ2n) is 4.56. The average molecular weight is 239 g/mol. The number of nitrogens with zero attached hydrogens (tertiary/aromatic N) is 2. The number of rotatable bonds is 4. The molecule has 4 heteroatoms. The van der Waals surface area contributed by atoms with Gasteiger partial charge in [-0.2, -0.15) is 10.2 Å². The third-order valence-corrected chi connectivity index (χ3v) is 3.57. The molecule has 0 aromatic carbocycles. The summed E-state index contributed by atoms with van der Waals surface area (Å²) in [7, 11) is 0. The molecule has 0 aromatic rings. The van der Waals surface area contributed by atoms with E-state index in [1.165, 1.54) is 0 Å². The van der Waals surface area contributed by atoms with E-state index in [0.29, 0.717) is 0 Å². The van der Waals surface area contributed by atoms with Crippen molar-refractivity contribution in [3.63, 3.8) is 0 Å². The second-order valence-corrected chi connectivity index (χ2v) is 6.09. The van der Waals surface area contributed by atoms with Crippen LogP contribution in [0.4, 0.5) is 0 Å². The Labute approximate surface area is 97.1 Å². The molecule has 2 unspecified atom stereocenters. The average Bonchev–Trinajstić information content (AvgIpc) is 2.01. The van der Waals surface area contributed by atoms with E-state index in [1.54, 1.807) is 0 Å². The van der Waals surface area contributed by atoms with E-state index in [-0.39, 0.29) is 11.8 Å². The molecule has 0 aromatic heterocycles. The lowest BCUT2D eigenvalue weighted by molar-refractivity contribution is 0.398. The van der Waals surface area contributed by atoms with Gasteiger partial charge < -0.3 is 0 Å². The van der Waals surface area contributed by atoms with Crippen molar-refractivity contribution in [3.8, 4) is 0 Å². The summed E-state index contributed by atoms with van der Waals surface area (Å²) in [5, 5.41) is 8.21. The van der Waals surface area contributed by atoms with Crippen LogP contribution in [0.25, 0.3) is 0 Å². The Kier molecular flexibility index (Phi) is 4.86. The number of alkyl halides is 2. The van der Waals surface area contributed by atoms with E-state index < -0.39 is 10.00 Å². The molecule has 0 bridgehead atoms. The number of hydrogen-bond donors (Lipinski definition) is 0. The van der Waals surface area contributed by atoms with E-state index in [1.807, 2.05) is 41.5 Å². The summed E-state index contributed by atoms with van der Waals surface area (Å²) in [5.41, 5.74) is 0. The third-order valence-electron chi connectivity index (χ3n) is 2.55. The van der Waals surface area contributed by atoms with Crippen molar-refractivity contribution >= 4 is 23.2 Å². The van der Waals surface area contributed by atoms with Crippen molar-refractivity contribution in [1.29, 1.82) is 0 Å². The van der Waals surface area contributed by atoms with Crippen molar-refractivity contribution in [2.45, 2.75) is 51.5 Å². The molecule has 0 fully saturated rings. The number of hydrogen-bond acceptors (Lipinski definition) is 2. The lowest BCUT2D eigenvalue weighted by Gasteiger charge is -2.24. The van der Waals surface area contributed by atoms with Crippen LogP contribution < -0.4 is 0 Å². The van der Waals surface area contributed by atoms with Gasteiger partial charge >= 0.3 is 0 Å². The molecule has 2 atom stereocenters. The van der Waals surface area contributed by atoms with E-state index in [0.717, 1.165) is 0 Å². The Morgan fingerprint density at radius 1 is 0.786 bits per heavy atom. The molecule has 0 aliphatic heterocycles. The van der Waals surface area contributed by atoms with Gasteiger partial charge in [0.2, 0.25) is 0 Å². The SMILES string of the molecule is CC(C)C(C)(Cl)/N=N/C(C)(Cl)C(C)C. The highest BCUT2D eigenvalue weighted by atomic mass is 35.5. The fourth-order valence-electron chi connectivity index (χ4n) is 0.426. The van der Waals surface area contributed by atoms with E-state index in [2.05, 4.69) is 10.2 Å². The maximum atomic E-state index is 6.16. The van der Waals surface area contributed by atoms with E-state index >= 15 is 0 Å². The van der Waals surface area contributed by atoms with Gasteiger partial charge in [-0.3, -0.25) is 0 Å². The highest BCUT2D eigenvalue weighted by molar-refractivity contribution is 6.24. The first-order valence-electron chi connectivity index (χ1n) is 4.91. The predicted molar refractivity (Wildman–Crippen MR) is 63.0 cm³/mol. The topological polar surface area (TPSA) is 24.7 Å². The number of azo groups is 1. The maximum absolute atomic E-state index is 6.16. The second kappa shape index (κ2) is 4.80. The fraction of sp³-hybridized carbons (Fsp3) is 1.00. The molecule has 0 rings (SSSR count). The molecular weight excluding hydrogens is 219 g/mol. The molecule has 0 spiro atoms. The minimum absolute atomic E-state index is 0.229. The standard InChI is InChI=1S/C10H20Cl2N2/c1-7(2)9(5,11)13-14-10(6,12)8(3)4/h7-8H,1-6H3/b14-13+. The zero-order chi connectivity index (χ0) is 11.6. The largest absolute Gasteiger partial charge is 0.169 e. The first kappa shape index (κ1) is 14.2. The Morgan fingerprint density at radius 3 is 1.14 bits per heavy atom. The Balaban J connectivity index is 4.59. The van der Waals surface area contributed by atoms with Gasteiger partial charge in [0, 0.05) is 0 Å². The molecular formula is C10H20Cl2N2. The summed E-state index contributed by atoms with van der Waals surface area (Å²) in [6.07, 6.45) is 0. The van der Waals surface area contributed by atoms with Gasteiger partial charge in [0.15, 0.2) is 10.00 Å². The molecule has 84 valence electrons. The lowest BCUT2D eigenvalue weighted by Crippen LogP contribution is -2.25. The molecule has 0 saturated heterocycles. The summed E-state index contributed by atoms with van der Waals surface area (Å²) in [4.78, 5) is -1.32. The normalized spacial score (nSPS) is 21.6. The van der Waals surface area contributed by atoms with Gasteiger partial charge in [0.25, 0.3) is 0 Å². The first-order valence-corrected chi connectivity index (χ1v) is 5.67. The van der Waals surface area contributed by atoms with Crippen molar-refractivity contribution in [2.75, 3.05) is 0 Å². The Hall–Kier alpha value is 0.180. The zero-order valence-electron chi connectivity index (χ0n) is 9.81. The smallest absolute Gasteiger partial charge is 0.154 e. The Bertz CT molecular complexity index is 186. The minimum Gasteiger partial charge on any atom is -0.169 e. The Morgan fingerprint density at radius 2 is 1.00 bits per heavy atom. The molecule has 0 N–H and O–H groups in total. The fourth-order valence-corrected chi connectivity index (χ4v) is 0.502. The van der Waals surface area contributed by atoms with Gasteiger partial charge in [-0.15, -0.1) is 0 Å². The van der Waals surface area contributed by atoms with Crippen LogP contribution in [0.2, 0.25) is 0 Å². The van der Waals surface area contributed by atoms with Gasteiger partial charge in [0.1, 0.15) is 0 Å². The van der Waals surface area contributed by atoms with Crippen LogP contribution in [0.15, 0.2) is 10.2 Å². The molecule has 14 heavy (non-hydrogen) atoms. The summed E-state index contributed by atoms with van der Waals surface area (Å²) < 4.78 is 0. The molecule has 0 radical (unpaired) electrons. The lowest BCUT2D eigenvalue weighted by atomic mass is 10.1. The quantitative estimate of drug-likeness (QED) is 0.387. The molecule has 0 aliphatic carbocycles. The van der Waals surface area contributed by atoms with Gasteiger partial charge in [-0.05, 0) is 25.7 Å². The van der Waals surface area contributed by atoms with Crippen molar-refractivity contribution < 1.29 is 0 Å². The molecule has 2 nitrogen and oxygen atoms in total. The monoisotopic (exact) mass is 238 g/mol. The summed E-state index contributed by atoms with van der Waals surface area (Å²) >= 11 is 12.3.